The maximum Gasteiger partial charge on any atom is 0.208 e. The molecular formula is C20H16FN7O. The summed E-state index contributed by atoms with van der Waals surface area (Å²) < 4.78 is 21.7. The molecule has 1 aliphatic rings. The van der Waals surface area contributed by atoms with E-state index < -0.39 is 0 Å². The van der Waals surface area contributed by atoms with Crippen molar-refractivity contribution >= 4 is 11.6 Å². The lowest BCUT2D eigenvalue weighted by Gasteiger charge is -2.12. The Morgan fingerprint density at radius 2 is 2.28 bits per heavy atom. The van der Waals surface area contributed by atoms with Crippen molar-refractivity contribution in [3.05, 3.63) is 59.1 Å². The van der Waals surface area contributed by atoms with Gasteiger partial charge in [0.05, 0.1) is 18.5 Å². The number of rotatable bonds is 4. The molecule has 1 aliphatic heterocycles. The highest BCUT2D eigenvalue weighted by atomic mass is 19.1. The van der Waals surface area contributed by atoms with Gasteiger partial charge in [-0.25, -0.2) is 14.4 Å². The van der Waals surface area contributed by atoms with Crippen molar-refractivity contribution in [2.45, 2.75) is 19.9 Å². The topological polar surface area (TPSA) is 104 Å². The van der Waals surface area contributed by atoms with Crippen LogP contribution in [0.4, 0.5) is 10.3 Å². The normalized spacial score (nSPS) is 12.6. The first-order valence-corrected chi connectivity index (χ1v) is 9.11. The Morgan fingerprint density at radius 3 is 3.07 bits per heavy atom. The molecule has 0 saturated heterocycles. The van der Waals surface area contributed by atoms with Crippen LogP contribution in [0.25, 0.3) is 16.8 Å². The van der Waals surface area contributed by atoms with E-state index in [4.69, 9.17) is 4.74 Å². The Balaban J connectivity index is 1.56. The van der Waals surface area contributed by atoms with Gasteiger partial charge in [-0.2, -0.15) is 10.4 Å². The SMILES string of the molecule is Cc1n[nH]cc1-c1cnc(NCc2c(F)ccc3c2CCO3)n2cc(C#N)nc12. The second-order valence-corrected chi connectivity index (χ2v) is 6.77. The monoisotopic (exact) mass is 389 g/mol. The summed E-state index contributed by atoms with van der Waals surface area (Å²) in [5, 5.41) is 19.5. The van der Waals surface area contributed by atoms with Crippen molar-refractivity contribution in [3.63, 3.8) is 0 Å². The van der Waals surface area contributed by atoms with E-state index in [9.17, 15) is 9.65 Å². The van der Waals surface area contributed by atoms with E-state index in [1.54, 1.807) is 29.1 Å². The Kier molecular flexibility index (Phi) is 3.91. The van der Waals surface area contributed by atoms with E-state index in [1.807, 2.05) is 6.92 Å². The minimum absolute atomic E-state index is 0.241. The summed E-state index contributed by atoms with van der Waals surface area (Å²) in [6.45, 7) is 2.67. The second-order valence-electron chi connectivity index (χ2n) is 6.77. The third-order valence-corrected chi connectivity index (χ3v) is 5.09. The first-order valence-electron chi connectivity index (χ1n) is 9.11. The third-order valence-electron chi connectivity index (χ3n) is 5.09. The number of benzene rings is 1. The number of imidazole rings is 1. The highest BCUT2D eigenvalue weighted by Gasteiger charge is 2.20. The summed E-state index contributed by atoms with van der Waals surface area (Å²) in [4.78, 5) is 8.90. The molecule has 0 amide bonds. The highest BCUT2D eigenvalue weighted by molar-refractivity contribution is 5.79. The number of nitrogens with one attached hydrogen (secondary N) is 2. The molecule has 0 aliphatic carbocycles. The van der Waals surface area contributed by atoms with E-state index in [1.165, 1.54) is 6.07 Å². The van der Waals surface area contributed by atoms with Crippen LogP contribution in [0.15, 0.2) is 30.7 Å². The number of aromatic amines is 1. The highest BCUT2D eigenvalue weighted by Crippen LogP contribution is 2.31. The third kappa shape index (κ3) is 2.77. The molecule has 0 atom stereocenters. The molecule has 2 N–H and O–H groups in total. The van der Waals surface area contributed by atoms with Crippen molar-refractivity contribution in [2.24, 2.45) is 0 Å². The number of ether oxygens (including phenoxy) is 1. The van der Waals surface area contributed by atoms with E-state index >= 15 is 0 Å². The van der Waals surface area contributed by atoms with Crippen molar-refractivity contribution in [3.8, 4) is 22.9 Å². The average Bonchev–Trinajstić information content (AvgIpc) is 3.46. The molecule has 3 aromatic heterocycles. The molecule has 9 heteroatoms. The van der Waals surface area contributed by atoms with Crippen LogP contribution in [0.2, 0.25) is 0 Å². The Bertz CT molecular complexity index is 1280. The van der Waals surface area contributed by atoms with E-state index in [2.05, 4.69) is 31.6 Å². The van der Waals surface area contributed by atoms with Gasteiger partial charge in [-0.3, -0.25) is 9.50 Å². The van der Waals surface area contributed by atoms with Crippen LogP contribution in [-0.2, 0) is 13.0 Å². The van der Waals surface area contributed by atoms with Gasteiger partial charge in [-0.1, -0.05) is 0 Å². The van der Waals surface area contributed by atoms with Gasteiger partial charge in [0.15, 0.2) is 11.3 Å². The minimum atomic E-state index is -0.285. The minimum Gasteiger partial charge on any atom is -0.493 e. The van der Waals surface area contributed by atoms with Crippen molar-refractivity contribution in [1.82, 2.24) is 24.6 Å². The largest absolute Gasteiger partial charge is 0.493 e. The maximum atomic E-state index is 14.4. The van der Waals surface area contributed by atoms with Gasteiger partial charge in [0.25, 0.3) is 0 Å². The summed E-state index contributed by atoms with van der Waals surface area (Å²) in [7, 11) is 0. The van der Waals surface area contributed by atoms with Crippen LogP contribution in [-0.4, -0.2) is 31.2 Å². The summed E-state index contributed by atoms with van der Waals surface area (Å²) in [6.07, 6.45) is 5.73. The Labute approximate surface area is 165 Å². The number of hydrogen-bond donors (Lipinski definition) is 2. The van der Waals surface area contributed by atoms with Crippen LogP contribution in [0.5, 0.6) is 5.75 Å². The second kappa shape index (κ2) is 6.60. The van der Waals surface area contributed by atoms with Crippen LogP contribution in [0.3, 0.4) is 0 Å². The zero-order valence-corrected chi connectivity index (χ0v) is 15.5. The summed E-state index contributed by atoms with van der Waals surface area (Å²) in [6, 6.07) is 5.14. The fourth-order valence-electron chi connectivity index (χ4n) is 3.66. The zero-order chi connectivity index (χ0) is 20.0. The standard InChI is InChI=1S/C20H16FN7O/c1-11-14(9-25-27-11)16-8-24-20(28-10-12(6-22)26-19(16)28)23-7-15-13-4-5-29-18(13)3-2-17(15)21/h2-3,8-10H,4-5,7H2,1H3,(H,23,24)(H,25,27). The molecule has 29 heavy (non-hydrogen) atoms. The van der Waals surface area contributed by atoms with Gasteiger partial charge in [0.2, 0.25) is 5.95 Å². The summed E-state index contributed by atoms with van der Waals surface area (Å²) >= 11 is 0. The molecule has 0 unspecified atom stereocenters. The average molecular weight is 389 g/mol. The van der Waals surface area contributed by atoms with E-state index in [0.29, 0.717) is 30.2 Å². The van der Waals surface area contributed by atoms with Crippen molar-refractivity contribution in [2.75, 3.05) is 11.9 Å². The van der Waals surface area contributed by atoms with E-state index in [-0.39, 0.29) is 18.1 Å². The van der Waals surface area contributed by atoms with Crippen LogP contribution in [0.1, 0.15) is 22.5 Å². The molecule has 5 rings (SSSR count). The number of halogens is 1. The number of anilines is 1. The van der Waals surface area contributed by atoms with Gasteiger partial charge in [0, 0.05) is 47.6 Å². The maximum absolute atomic E-state index is 14.4. The molecule has 0 saturated carbocycles. The number of hydrogen-bond acceptors (Lipinski definition) is 6. The number of aryl methyl sites for hydroxylation is 1. The Hall–Kier alpha value is -3.93. The molecule has 0 spiro atoms. The molecule has 4 heterocycles. The molecule has 0 fully saturated rings. The number of nitriles is 1. The fraction of sp³-hybridized carbons (Fsp3) is 0.200. The van der Waals surface area contributed by atoms with E-state index in [0.717, 1.165) is 28.1 Å². The predicted octanol–water partition coefficient (Wildman–Crippen LogP) is 2.99. The van der Waals surface area contributed by atoms with Crippen molar-refractivity contribution in [1.29, 1.82) is 5.26 Å². The summed E-state index contributed by atoms with van der Waals surface area (Å²) in [5.74, 6) is 0.906. The number of fused-ring (bicyclic) bond motifs is 2. The molecule has 0 bridgehead atoms. The number of nitrogens with zero attached hydrogens (tertiary/aromatic N) is 5. The smallest absolute Gasteiger partial charge is 0.208 e. The lowest BCUT2D eigenvalue weighted by molar-refractivity contribution is 0.356. The van der Waals surface area contributed by atoms with Gasteiger partial charge >= 0.3 is 0 Å². The molecule has 1 aromatic carbocycles. The number of aromatic nitrogens is 5. The molecule has 144 valence electrons. The molecule has 8 nitrogen and oxygen atoms in total. The predicted molar refractivity (Wildman–Crippen MR) is 103 cm³/mol. The first kappa shape index (κ1) is 17.2. The van der Waals surface area contributed by atoms with Gasteiger partial charge in [-0.15, -0.1) is 0 Å². The lowest BCUT2D eigenvalue weighted by atomic mass is 10.0. The fourth-order valence-corrected chi connectivity index (χ4v) is 3.66. The van der Waals surface area contributed by atoms with Crippen LogP contribution < -0.4 is 10.1 Å². The Morgan fingerprint density at radius 1 is 1.38 bits per heavy atom. The molecular weight excluding hydrogens is 373 g/mol. The molecule has 4 aromatic rings. The summed E-state index contributed by atoms with van der Waals surface area (Å²) in [5.41, 5.74) is 4.69. The van der Waals surface area contributed by atoms with Gasteiger partial charge < -0.3 is 10.1 Å². The quantitative estimate of drug-likeness (QED) is 0.556. The van der Waals surface area contributed by atoms with Crippen LogP contribution in [0, 0.1) is 24.1 Å². The van der Waals surface area contributed by atoms with Gasteiger partial charge in [0.1, 0.15) is 17.6 Å². The first-order chi connectivity index (χ1) is 14.2. The lowest BCUT2D eigenvalue weighted by Crippen LogP contribution is -2.09. The van der Waals surface area contributed by atoms with Crippen LogP contribution >= 0.6 is 0 Å². The van der Waals surface area contributed by atoms with Crippen molar-refractivity contribution < 1.29 is 9.13 Å². The molecule has 0 radical (unpaired) electrons. The van der Waals surface area contributed by atoms with Gasteiger partial charge in [-0.05, 0) is 19.1 Å². The zero-order valence-electron chi connectivity index (χ0n) is 15.5. The number of H-pyrrole nitrogens is 1.